The molecule has 0 radical (unpaired) electrons. The maximum atomic E-state index is 12.9. The normalized spacial score (nSPS) is 24.0. The van der Waals surface area contributed by atoms with E-state index in [-0.39, 0.29) is 11.5 Å². The molecule has 0 aliphatic carbocycles. The number of aromatic nitrogens is 1. The first-order chi connectivity index (χ1) is 15.6. The fraction of sp³-hybridized carbons (Fsp3) is 0.538. The van der Waals surface area contributed by atoms with E-state index >= 15 is 0 Å². The van der Waals surface area contributed by atoms with Crippen molar-refractivity contribution >= 4 is 11.7 Å². The fourth-order valence-corrected chi connectivity index (χ4v) is 5.60. The number of carbonyl (C=O) groups excluding carboxylic acids is 1. The van der Waals surface area contributed by atoms with Crippen LogP contribution in [0.2, 0.25) is 0 Å². The molecule has 1 atom stereocenters. The highest BCUT2D eigenvalue weighted by atomic mass is 16.5. The number of likely N-dealkylation sites (tertiary alicyclic amines) is 1. The quantitative estimate of drug-likeness (QED) is 0.741. The minimum Gasteiger partial charge on any atom is -0.375 e. The Bertz CT molecular complexity index is 918. The number of ether oxygens (including phenoxy) is 1. The molecule has 6 heteroatoms. The highest BCUT2D eigenvalue weighted by Crippen LogP contribution is 2.37. The number of pyridine rings is 1. The van der Waals surface area contributed by atoms with Crippen molar-refractivity contribution < 1.29 is 9.53 Å². The Morgan fingerprint density at radius 3 is 2.56 bits per heavy atom. The summed E-state index contributed by atoms with van der Waals surface area (Å²) < 4.78 is 6.39. The van der Waals surface area contributed by atoms with E-state index < -0.39 is 0 Å². The van der Waals surface area contributed by atoms with E-state index in [0.717, 1.165) is 88.5 Å². The molecule has 0 bridgehead atoms. The van der Waals surface area contributed by atoms with E-state index in [1.165, 1.54) is 0 Å². The van der Waals surface area contributed by atoms with Crippen LogP contribution in [0.4, 0.5) is 5.82 Å². The summed E-state index contributed by atoms with van der Waals surface area (Å²) >= 11 is 0. The van der Waals surface area contributed by atoms with Gasteiger partial charge in [-0.05, 0) is 56.9 Å². The van der Waals surface area contributed by atoms with E-state index in [1.807, 2.05) is 48.4 Å². The molecular weight excluding hydrogens is 400 g/mol. The standard InChI is InChI=1S/C26H34N4O2/c1-21-5-4-6-22(19-21)25(31)30-12-9-26(10-13-30)20-23(8-18-32-26)28-14-16-29(17-15-28)24-7-2-3-11-27-24/h2-7,11,19,23H,8-10,12-18,20H2,1H3/t23-/m1/s1. The van der Waals surface area contributed by atoms with Gasteiger partial charge in [-0.3, -0.25) is 9.69 Å². The third kappa shape index (κ3) is 4.52. The van der Waals surface area contributed by atoms with Crippen LogP contribution in [0.5, 0.6) is 0 Å². The van der Waals surface area contributed by atoms with E-state index in [2.05, 4.69) is 26.9 Å². The van der Waals surface area contributed by atoms with Crippen molar-refractivity contribution in [1.29, 1.82) is 0 Å². The summed E-state index contributed by atoms with van der Waals surface area (Å²) in [6.07, 6.45) is 5.95. The highest BCUT2D eigenvalue weighted by molar-refractivity contribution is 5.94. The number of piperidine rings is 1. The molecule has 3 aliphatic heterocycles. The number of carbonyl (C=O) groups is 1. The van der Waals surface area contributed by atoms with Gasteiger partial charge in [0.25, 0.3) is 5.91 Å². The average Bonchev–Trinajstić information content (AvgIpc) is 2.85. The zero-order valence-electron chi connectivity index (χ0n) is 19.1. The van der Waals surface area contributed by atoms with Gasteiger partial charge in [0.15, 0.2) is 0 Å². The lowest BCUT2D eigenvalue weighted by atomic mass is 9.81. The third-order valence-electron chi connectivity index (χ3n) is 7.50. The van der Waals surface area contributed by atoms with Crippen LogP contribution in [0.15, 0.2) is 48.7 Å². The van der Waals surface area contributed by atoms with Crippen LogP contribution in [0, 0.1) is 6.92 Å². The second kappa shape index (κ2) is 9.20. The number of piperazine rings is 1. The number of amides is 1. The summed E-state index contributed by atoms with van der Waals surface area (Å²) in [6.45, 7) is 8.65. The minimum atomic E-state index is -0.0651. The van der Waals surface area contributed by atoms with Crippen molar-refractivity contribution in [2.24, 2.45) is 0 Å². The van der Waals surface area contributed by atoms with Crippen LogP contribution in [-0.2, 0) is 4.74 Å². The predicted molar refractivity (Wildman–Crippen MR) is 126 cm³/mol. The summed E-state index contributed by atoms with van der Waals surface area (Å²) in [5, 5.41) is 0. The van der Waals surface area contributed by atoms with Crippen molar-refractivity contribution in [3.63, 3.8) is 0 Å². The van der Waals surface area contributed by atoms with Gasteiger partial charge in [-0.2, -0.15) is 0 Å². The van der Waals surface area contributed by atoms with Gasteiger partial charge in [0.05, 0.1) is 5.60 Å². The first kappa shape index (κ1) is 21.4. The second-order valence-electron chi connectivity index (χ2n) is 9.55. The zero-order chi connectivity index (χ0) is 22.0. The summed E-state index contributed by atoms with van der Waals surface area (Å²) in [5.74, 6) is 1.24. The molecule has 0 N–H and O–H groups in total. The number of anilines is 1. The molecule has 1 aromatic heterocycles. The lowest BCUT2D eigenvalue weighted by Gasteiger charge is -2.49. The van der Waals surface area contributed by atoms with E-state index in [4.69, 9.17) is 4.74 Å². The number of rotatable bonds is 3. The van der Waals surface area contributed by atoms with Crippen molar-refractivity contribution in [1.82, 2.24) is 14.8 Å². The van der Waals surface area contributed by atoms with Gasteiger partial charge in [-0.15, -0.1) is 0 Å². The fourth-order valence-electron chi connectivity index (χ4n) is 5.60. The van der Waals surface area contributed by atoms with Crippen LogP contribution in [0.25, 0.3) is 0 Å². The maximum Gasteiger partial charge on any atom is 0.253 e. The molecular formula is C26H34N4O2. The van der Waals surface area contributed by atoms with Gasteiger partial charge >= 0.3 is 0 Å². The van der Waals surface area contributed by atoms with Gasteiger partial charge in [0.1, 0.15) is 5.82 Å². The molecule has 6 nitrogen and oxygen atoms in total. The number of aryl methyl sites for hydroxylation is 1. The summed E-state index contributed by atoms with van der Waals surface area (Å²) in [6, 6.07) is 14.6. The maximum absolute atomic E-state index is 12.9. The van der Waals surface area contributed by atoms with E-state index in [1.54, 1.807) is 0 Å². The van der Waals surface area contributed by atoms with E-state index in [9.17, 15) is 4.79 Å². The Hall–Kier alpha value is -2.44. The minimum absolute atomic E-state index is 0.0651. The molecule has 1 aromatic carbocycles. The van der Waals surface area contributed by atoms with Crippen LogP contribution >= 0.6 is 0 Å². The topological polar surface area (TPSA) is 48.9 Å². The molecule has 5 rings (SSSR count). The van der Waals surface area contributed by atoms with Crippen LogP contribution in [-0.4, -0.2) is 78.2 Å². The largest absolute Gasteiger partial charge is 0.375 e. The van der Waals surface area contributed by atoms with Gasteiger partial charge in [0.2, 0.25) is 0 Å². The zero-order valence-corrected chi connectivity index (χ0v) is 19.1. The smallest absolute Gasteiger partial charge is 0.253 e. The van der Waals surface area contributed by atoms with Crippen LogP contribution in [0.3, 0.4) is 0 Å². The Morgan fingerprint density at radius 2 is 1.84 bits per heavy atom. The van der Waals surface area contributed by atoms with Gasteiger partial charge in [0, 0.05) is 63.7 Å². The van der Waals surface area contributed by atoms with Crippen molar-refractivity contribution in [2.45, 2.75) is 44.2 Å². The summed E-state index contributed by atoms with van der Waals surface area (Å²) in [7, 11) is 0. The molecule has 170 valence electrons. The average molecular weight is 435 g/mol. The number of nitrogens with zero attached hydrogens (tertiary/aromatic N) is 4. The Balaban J connectivity index is 1.16. The summed E-state index contributed by atoms with van der Waals surface area (Å²) in [4.78, 5) is 24.5. The molecule has 0 saturated carbocycles. The molecule has 3 fully saturated rings. The first-order valence-electron chi connectivity index (χ1n) is 12.0. The third-order valence-corrected chi connectivity index (χ3v) is 7.50. The van der Waals surface area contributed by atoms with Crippen LogP contribution < -0.4 is 4.90 Å². The van der Waals surface area contributed by atoms with Gasteiger partial charge in [-0.1, -0.05) is 23.8 Å². The Kier molecular flexibility index (Phi) is 6.15. The predicted octanol–water partition coefficient (Wildman–Crippen LogP) is 3.37. The molecule has 1 spiro atoms. The summed E-state index contributed by atoms with van der Waals surface area (Å²) in [5.41, 5.74) is 1.87. The Morgan fingerprint density at radius 1 is 1.03 bits per heavy atom. The molecule has 32 heavy (non-hydrogen) atoms. The van der Waals surface area contributed by atoms with Crippen molar-refractivity contribution in [2.75, 3.05) is 50.8 Å². The van der Waals surface area contributed by atoms with Crippen molar-refractivity contribution in [3.8, 4) is 0 Å². The Labute approximate surface area is 191 Å². The first-order valence-corrected chi connectivity index (χ1v) is 12.0. The lowest BCUT2D eigenvalue weighted by molar-refractivity contribution is -0.130. The van der Waals surface area contributed by atoms with Gasteiger partial charge < -0.3 is 14.5 Å². The highest BCUT2D eigenvalue weighted by Gasteiger charge is 2.43. The van der Waals surface area contributed by atoms with Gasteiger partial charge in [-0.25, -0.2) is 4.98 Å². The van der Waals surface area contributed by atoms with E-state index in [0.29, 0.717) is 6.04 Å². The lowest BCUT2D eigenvalue weighted by Crippen LogP contribution is -2.57. The molecule has 2 aromatic rings. The van der Waals surface area contributed by atoms with Crippen molar-refractivity contribution in [3.05, 3.63) is 59.8 Å². The SMILES string of the molecule is Cc1cccc(C(=O)N2CCC3(CC2)C[C@H](N2CCN(c4ccccn4)CC2)CCO3)c1. The second-order valence-corrected chi connectivity index (χ2v) is 9.55. The number of benzene rings is 1. The number of hydrogen-bond donors (Lipinski definition) is 0. The number of hydrogen-bond acceptors (Lipinski definition) is 5. The molecule has 1 amide bonds. The monoisotopic (exact) mass is 434 g/mol. The molecule has 3 aliphatic rings. The molecule has 0 unspecified atom stereocenters. The molecule has 4 heterocycles. The van der Waals surface area contributed by atoms with Crippen LogP contribution in [0.1, 0.15) is 41.6 Å². The molecule has 3 saturated heterocycles.